The minimum absolute atomic E-state index is 0.150. The molecule has 0 rings (SSSR count). The molecule has 0 unspecified atom stereocenters. The summed E-state index contributed by atoms with van der Waals surface area (Å²) in [7, 11) is 1.55. The Morgan fingerprint density at radius 1 is 1.44 bits per heavy atom. The van der Waals surface area contributed by atoms with Crippen LogP contribution in [0.15, 0.2) is 0 Å². The molecule has 1 N–H and O–H groups in total. The molecule has 0 bridgehead atoms. The molecule has 1 nitrogen and oxygen atoms in total. The highest BCUT2D eigenvalue weighted by molar-refractivity contribution is 4.64. The van der Waals surface area contributed by atoms with Gasteiger partial charge in [0.2, 0.25) is 0 Å². The predicted octanol–water partition coefficient (Wildman–Crippen LogP) is 1.20. The van der Waals surface area contributed by atoms with Gasteiger partial charge in [-0.3, -0.25) is 0 Å². The van der Waals surface area contributed by atoms with E-state index in [1.807, 2.05) is 0 Å². The predicted molar refractivity (Wildman–Crippen MR) is 29.5 cm³/mol. The zero-order valence-corrected chi connectivity index (χ0v) is 5.26. The Morgan fingerprint density at radius 2 is 2.00 bits per heavy atom. The Kier molecular flexibility index (Phi) is 3.61. The highest BCUT2D eigenvalue weighted by Gasteiger charge is 2.27. The first-order valence-electron chi connectivity index (χ1n) is 2.71. The van der Waals surface area contributed by atoms with Crippen LogP contribution in [0, 0.1) is 0 Å². The fourth-order valence-electron chi connectivity index (χ4n) is 0.375. The molecule has 0 spiro atoms. The molecular formula is C5H10F3N. The van der Waals surface area contributed by atoms with E-state index in [9.17, 15) is 13.2 Å². The molecular weight excluding hydrogens is 131 g/mol. The molecule has 0 saturated heterocycles. The maximum absolute atomic E-state index is 11.9. The zero-order valence-electron chi connectivity index (χ0n) is 5.26. The Morgan fingerprint density at radius 3 is 2.33 bits per heavy atom. The van der Waals surface area contributed by atoms with Crippen molar-refractivity contribution >= 4 is 0 Å². The van der Waals surface area contributed by atoms with Crippen molar-refractivity contribution in [2.45, 2.75) is 12.3 Å². The third-order valence-electron chi connectivity index (χ3n) is 0.936. The summed E-state index contributed by atoms with van der Waals surface area (Å²) in [6.45, 7) is -1.41. The Balaban J connectivity index is 3.33. The molecule has 0 radical (unpaired) electrons. The highest BCUT2D eigenvalue weighted by atomic mass is 19.3. The fourth-order valence-corrected chi connectivity index (χ4v) is 0.375. The normalized spacial score (nSPS) is 12.0. The van der Waals surface area contributed by atoms with Crippen LogP contribution >= 0.6 is 0 Å². The average Bonchev–Trinajstić information content (AvgIpc) is 1.84. The first kappa shape index (κ1) is 8.75. The molecule has 0 aliphatic carbocycles. The van der Waals surface area contributed by atoms with Gasteiger partial charge >= 0.3 is 0 Å². The summed E-state index contributed by atoms with van der Waals surface area (Å²) >= 11 is 0. The van der Waals surface area contributed by atoms with Crippen LogP contribution in [-0.2, 0) is 0 Å². The van der Waals surface area contributed by atoms with Crippen LogP contribution in [0.5, 0.6) is 0 Å². The van der Waals surface area contributed by atoms with E-state index in [1.54, 1.807) is 7.05 Å². The van der Waals surface area contributed by atoms with Crippen LogP contribution < -0.4 is 5.32 Å². The van der Waals surface area contributed by atoms with Crippen molar-refractivity contribution in [1.82, 2.24) is 5.32 Å². The van der Waals surface area contributed by atoms with Gasteiger partial charge < -0.3 is 5.32 Å². The van der Waals surface area contributed by atoms with E-state index in [0.29, 0.717) is 0 Å². The van der Waals surface area contributed by atoms with Crippen LogP contribution in [0.1, 0.15) is 6.42 Å². The van der Waals surface area contributed by atoms with Crippen LogP contribution in [0.25, 0.3) is 0 Å². The van der Waals surface area contributed by atoms with Crippen molar-refractivity contribution in [3.8, 4) is 0 Å². The van der Waals surface area contributed by atoms with Gasteiger partial charge in [0.05, 0.1) is 0 Å². The van der Waals surface area contributed by atoms with E-state index in [2.05, 4.69) is 5.32 Å². The molecule has 0 aliphatic heterocycles. The summed E-state index contributed by atoms with van der Waals surface area (Å²) < 4.78 is 35.2. The molecule has 0 atom stereocenters. The summed E-state index contributed by atoms with van der Waals surface area (Å²) in [5, 5.41) is 2.51. The van der Waals surface area contributed by atoms with Crippen LogP contribution in [0.3, 0.4) is 0 Å². The first-order valence-corrected chi connectivity index (χ1v) is 2.71. The average molecular weight is 141 g/mol. The van der Waals surface area contributed by atoms with Crippen LogP contribution in [0.4, 0.5) is 13.2 Å². The molecule has 0 saturated carbocycles. The number of nitrogens with one attached hydrogen (secondary N) is 1. The minimum atomic E-state index is -3.14. The standard InChI is InChI=1S/C5H10F3N/c1-9-3-2-5(7,8)4-6/h9H,2-4H2,1H3. The van der Waals surface area contributed by atoms with Gasteiger partial charge in [0, 0.05) is 13.0 Å². The van der Waals surface area contributed by atoms with Crippen LogP contribution in [0.2, 0.25) is 0 Å². The van der Waals surface area contributed by atoms with E-state index in [4.69, 9.17) is 0 Å². The summed E-state index contributed by atoms with van der Waals surface area (Å²) in [5.41, 5.74) is 0. The number of hydrogen-bond donors (Lipinski definition) is 1. The van der Waals surface area contributed by atoms with Gasteiger partial charge in [0.1, 0.15) is 0 Å². The molecule has 0 aliphatic rings. The monoisotopic (exact) mass is 141 g/mol. The minimum Gasteiger partial charge on any atom is -0.320 e. The van der Waals surface area contributed by atoms with E-state index in [0.717, 1.165) is 0 Å². The first-order chi connectivity index (χ1) is 4.12. The van der Waals surface area contributed by atoms with Gasteiger partial charge in [-0.15, -0.1) is 0 Å². The quantitative estimate of drug-likeness (QED) is 0.620. The number of rotatable bonds is 4. The largest absolute Gasteiger partial charge is 0.320 e. The zero-order chi connectivity index (χ0) is 7.33. The SMILES string of the molecule is CNCCC(F)(F)CF. The van der Waals surface area contributed by atoms with Gasteiger partial charge in [-0.2, -0.15) is 0 Å². The Labute approximate surface area is 52.2 Å². The molecule has 0 heterocycles. The lowest BCUT2D eigenvalue weighted by molar-refractivity contribution is -0.0290. The smallest absolute Gasteiger partial charge is 0.277 e. The second-order valence-electron chi connectivity index (χ2n) is 1.84. The Bertz CT molecular complexity index is 74.6. The fraction of sp³-hybridized carbons (Fsp3) is 1.00. The van der Waals surface area contributed by atoms with Crippen molar-refractivity contribution in [2.24, 2.45) is 0 Å². The maximum Gasteiger partial charge on any atom is 0.277 e. The van der Waals surface area contributed by atoms with Gasteiger partial charge in [0.25, 0.3) is 5.92 Å². The third-order valence-corrected chi connectivity index (χ3v) is 0.936. The number of halogens is 3. The lowest BCUT2D eigenvalue weighted by Gasteiger charge is -2.09. The van der Waals surface area contributed by atoms with Gasteiger partial charge in [0.15, 0.2) is 6.67 Å². The lowest BCUT2D eigenvalue weighted by Crippen LogP contribution is -2.24. The molecule has 0 aromatic rings. The van der Waals surface area contributed by atoms with Crippen molar-refractivity contribution in [3.63, 3.8) is 0 Å². The summed E-state index contributed by atoms with van der Waals surface area (Å²) in [6.07, 6.45) is -0.431. The second-order valence-corrected chi connectivity index (χ2v) is 1.84. The van der Waals surface area contributed by atoms with E-state index in [1.165, 1.54) is 0 Å². The molecule has 4 heteroatoms. The highest BCUT2D eigenvalue weighted by Crippen LogP contribution is 2.17. The molecule has 56 valence electrons. The summed E-state index contributed by atoms with van der Waals surface area (Å²) in [5.74, 6) is -3.14. The molecule has 0 fully saturated rings. The summed E-state index contributed by atoms with van der Waals surface area (Å²) in [4.78, 5) is 0. The van der Waals surface area contributed by atoms with Crippen molar-refractivity contribution in [3.05, 3.63) is 0 Å². The van der Waals surface area contributed by atoms with Crippen molar-refractivity contribution in [2.75, 3.05) is 20.3 Å². The van der Waals surface area contributed by atoms with Crippen LogP contribution in [-0.4, -0.2) is 26.2 Å². The van der Waals surface area contributed by atoms with E-state index < -0.39 is 19.0 Å². The molecule has 0 amide bonds. The van der Waals surface area contributed by atoms with E-state index >= 15 is 0 Å². The molecule has 0 aromatic carbocycles. The van der Waals surface area contributed by atoms with Gasteiger partial charge in [-0.1, -0.05) is 0 Å². The van der Waals surface area contributed by atoms with Crippen molar-refractivity contribution in [1.29, 1.82) is 0 Å². The number of hydrogen-bond acceptors (Lipinski definition) is 1. The van der Waals surface area contributed by atoms with Gasteiger partial charge in [-0.05, 0) is 7.05 Å². The lowest BCUT2D eigenvalue weighted by atomic mass is 10.2. The van der Waals surface area contributed by atoms with Crippen molar-refractivity contribution < 1.29 is 13.2 Å². The molecule has 9 heavy (non-hydrogen) atoms. The Hall–Kier alpha value is -0.250. The topological polar surface area (TPSA) is 12.0 Å². The molecule has 0 aromatic heterocycles. The number of alkyl halides is 3. The third kappa shape index (κ3) is 4.27. The van der Waals surface area contributed by atoms with Gasteiger partial charge in [-0.25, -0.2) is 13.2 Å². The van der Waals surface area contributed by atoms with E-state index in [-0.39, 0.29) is 6.54 Å². The maximum atomic E-state index is 11.9. The summed E-state index contributed by atoms with van der Waals surface area (Å²) in [6, 6.07) is 0. The second kappa shape index (κ2) is 3.71.